The smallest absolute Gasteiger partial charge is 0.381 e. The van der Waals surface area contributed by atoms with Crippen LogP contribution < -0.4 is 4.74 Å². The summed E-state index contributed by atoms with van der Waals surface area (Å²) in [6.45, 7) is 1.58. The van der Waals surface area contributed by atoms with Gasteiger partial charge in [0, 0.05) is 10.6 Å². The second-order valence-electron chi connectivity index (χ2n) is 4.52. The maximum Gasteiger partial charge on any atom is 0.381 e. The molecular weight excluding hydrogens is 323 g/mol. The Morgan fingerprint density at radius 3 is 2.52 bits per heavy atom. The van der Waals surface area contributed by atoms with E-state index in [9.17, 15) is 14.0 Å². The average molecular weight is 337 g/mol. The lowest BCUT2D eigenvalue weighted by Gasteiger charge is -2.14. The molecule has 0 aliphatic carbocycles. The Bertz CT molecular complexity index is 703. The summed E-state index contributed by atoms with van der Waals surface area (Å²) in [6, 6.07) is 12.6. The molecule has 0 aliphatic rings. The summed E-state index contributed by atoms with van der Waals surface area (Å²) in [5.41, 5.74) is 0.460. The van der Waals surface area contributed by atoms with E-state index in [0.717, 1.165) is 0 Å². The van der Waals surface area contributed by atoms with E-state index in [0.29, 0.717) is 10.6 Å². The highest BCUT2D eigenvalue weighted by Crippen LogP contribution is 2.27. The van der Waals surface area contributed by atoms with Crippen LogP contribution in [0.5, 0.6) is 5.75 Å². The van der Waals surface area contributed by atoms with Gasteiger partial charge in [-0.2, -0.15) is 4.39 Å². The average Bonchev–Trinajstić information content (AvgIpc) is 2.56. The summed E-state index contributed by atoms with van der Waals surface area (Å²) in [7, 11) is 0. The zero-order valence-electron chi connectivity index (χ0n) is 12.3. The number of ketones is 1. The number of halogens is 2. The maximum atomic E-state index is 13.8. The number of rotatable bonds is 6. The maximum absolute atomic E-state index is 13.8. The van der Waals surface area contributed by atoms with Crippen LogP contribution in [0.3, 0.4) is 0 Å². The number of alkyl halides is 1. The van der Waals surface area contributed by atoms with Crippen LogP contribution >= 0.6 is 11.6 Å². The molecule has 4 nitrogen and oxygen atoms in total. The van der Waals surface area contributed by atoms with Crippen molar-refractivity contribution in [2.24, 2.45) is 0 Å². The second kappa shape index (κ2) is 7.74. The quantitative estimate of drug-likeness (QED) is 0.594. The molecule has 1 atom stereocenters. The molecule has 6 heteroatoms. The fourth-order valence-electron chi connectivity index (χ4n) is 1.89. The third kappa shape index (κ3) is 4.29. The fraction of sp³-hybridized carbons (Fsp3) is 0.176. The highest BCUT2D eigenvalue weighted by molar-refractivity contribution is 6.31. The summed E-state index contributed by atoms with van der Waals surface area (Å²) >= 11 is 5.90. The van der Waals surface area contributed by atoms with Crippen molar-refractivity contribution in [3.05, 3.63) is 64.7 Å². The Labute approximate surface area is 137 Å². The molecule has 0 spiro atoms. The molecule has 0 aliphatic heterocycles. The molecule has 0 saturated carbocycles. The van der Waals surface area contributed by atoms with E-state index in [1.165, 1.54) is 18.2 Å². The molecule has 23 heavy (non-hydrogen) atoms. The summed E-state index contributed by atoms with van der Waals surface area (Å²) in [5, 5.41) is 0.295. The third-order valence-corrected chi connectivity index (χ3v) is 3.16. The highest BCUT2D eigenvalue weighted by Gasteiger charge is 2.24. The molecule has 0 heterocycles. The SMILES string of the molecule is CCOC(=O)C(F)Oc1ccc(Cl)cc1C(=O)c1ccccc1. The molecule has 120 valence electrons. The van der Waals surface area contributed by atoms with Gasteiger partial charge >= 0.3 is 12.3 Å². The summed E-state index contributed by atoms with van der Waals surface area (Å²) in [5.74, 6) is -1.62. The fourth-order valence-corrected chi connectivity index (χ4v) is 2.07. The van der Waals surface area contributed by atoms with E-state index in [2.05, 4.69) is 4.74 Å². The van der Waals surface area contributed by atoms with Gasteiger partial charge < -0.3 is 9.47 Å². The first kappa shape index (κ1) is 17.0. The Kier molecular flexibility index (Phi) is 5.71. The van der Waals surface area contributed by atoms with Crippen molar-refractivity contribution in [2.45, 2.75) is 13.3 Å². The molecule has 2 aromatic rings. The predicted molar refractivity (Wildman–Crippen MR) is 83.5 cm³/mol. The van der Waals surface area contributed by atoms with Crippen molar-refractivity contribution in [1.29, 1.82) is 0 Å². The van der Waals surface area contributed by atoms with Crippen LogP contribution in [0.1, 0.15) is 22.8 Å². The number of benzene rings is 2. The minimum absolute atomic E-state index is 0.0268. The van der Waals surface area contributed by atoms with Crippen LogP contribution in [0.4, 0.5) is 4.39 Å². The van der Waals surface area contributed by atoms with Crippen LogP contribution in [-0.4, -0.2) is 24.7 Å². The van der Waals surface area contributed by atoms with Gasteiger partial charge in [-0.25, -0.2) is 4.79 Å². The Morgan fingerprint density at radius 1 is 1.17 bits per heavy atom. The summed E-state index contributed by atoms with van der Waals surface area (Å²) in [4.78, 5) is 23.9. The summed E-state index contributed by atoms with van der Waals surface area (Å²) in [6.07, 6.45) is -2.32. The van der Waals surface area contributed by atoms with Gasteiger partial charge in [0.1, 0.15) is 5.75 Å². The molecule has 0 N–H and O–H groups in total. The van der Waals surface area contributed by atoms with Gasteiger partial charge in [0.2, 0.25) is 0 Å². The van der Waals surface area contributed by atoms with Crippen LogP contribution in [0.2, 0.25) is 5.02 Å². The highest BCUT2D eigenvalue weighted by atomic mass is 35.5. The Balaban J connectivity index is 2.31. The lowest BCUT2D eigenvalue weighted by Crippen LogP contribution is -2.25. The van der Waals surface area contributed by atoms with Gasteiger partial charge in [-0.15, -0.1) is 0 Å². The Hall–Kier alpha value is -2.40. The van der Waals surface area contributed by atoms with Gasteiger partial charge in [0.15, 0.2) is 5.78 Å². The van der Waals surface area contributed by atoms with E-state index in [1.807, 2.05) is 0 Å². The normalized spacial score (nSPS) is 11.6. The van der Waals surface area contributed by atoms with E-state index in [-0.39, 0.29) is 23.7 Å². The molecule has 0 saturated heterocycles. The number of ether oxygens (including phenoxy) is 2. The minimum Gasteiger partial charge on any atom is -0.461 e. The van der Waals surface area contributed by atoms with Crippen molar-refractivity contribution in [1.82, 2.24) is 0 Å². The topological polar surface area (TPSA) is 52.6 Å². The van der Waals surface area contributed by atoms with Gasteiger partial charge in [0.25, 0.3) is 0 Å². The molecule has 0 fully saturated rings. The van der Waals surface area contributed by atoms with Gasteiger partial charge in [-0.1, -0.05) is 41.9 Å². The second-order valence-corrected chi connectivity index (χ2v) is 4.96. The van der Waals surface area contributed by atoms with Crippen LogP contribution in [0, 0.1) is 0 Å². The van der Waals surface area contributed by atoms with Crippen LogP contribution in [-0.2, 0) is 9.53 Å². The van der Waals surface area contributed by atoms with E-state index < -0.39 is 12.3 Å². The molecule has 0 aromatic heterocycles. The number of carbonyl (C=O) groups excluding carboxylic acids is 2. The first-order valence-electron chi connectivity index (χ1n) is 6.89. The molecule has 2 rings (SSSR count). The number of carbonyl (C=O) groups is 2. The number of hydrogen-bond donors (Lipinski definition) is 0. The van der Waals surface area contributed by atoms with Gasteiger partial charge in [0.05, 0.1) is 12.2 Å². The van der Waals surface area contributed by atoms with E-state index >= 15 is 0 Å². The lowest BCUT2D eigenvalue weighted by atomic mass is 10.0. The summed E-state index contributed by atoms with van der Waals surface area (Å²) < 4.78 is 23.2. The standard InChI is InChI=1S/C17H14ClFO4/c1-2-22-17(21)16(19)23-14-9-8-12(18)10-13(14)15(20)11-6-4-3-5-7-11/h3-10,16H,2H2,1H3. The van der Waals surface area contributed by atoms with Crippen LogP contribution in [0.25, 0.3) is 0 Å². The first-order valence-corrected chi connectivity index (χ1v) is 7.27. The predicted octanol–water partition coefficient (Wildman–Crippen LogP) is 3.81. The molecule has 1 unspecified atom stereocenters. The first-order chi connectivity index (χ1) is 11.0. The monoisotopic (exact) mass is 336 g/mol. The minimum atomic E-state index is -2.32. The Morgan fingerprint density at radius 2 is 1.87 bits per heavy atom. The molecule has 0 bridgehead atoms. The van der Waals surface area contributed by atoms with Gasteiger partial charge in [-0.3, -0.25) is 4.79 Å². The third-order valence-electron chi connectivity index (χ3n) is 2.92. The molecular formula is C17H14ClFO4. The lowest BCUT2D eigenvalue weighted by molar-refractivity contribution is -0.159. The molecule has 2 aromatic carbocycles. The van der Waals surface area contributed by atoms with Crippen molar-refractivity contribution >= 4 is 23.4 Å². The van der Waals surface area contributed by atoms with Crippen molar-refractivity contribution in [3.63, 3.8) is 0 Å². The van der Waals surface area contributed by atoms with Crippen LogP contribution in [0.15, 0.2) is 48.5 Å². The largest absolute Gasteiger partial charge is 0.461 e. The zero-order valence-corrected chi connectivity index (χ0v) is 13.0. The van der Waals surface area contributed by atoms with Gasteiger partial charge in [-0.05, 0) is 25.1 Å². The van der Waals surface area contributed by atoms with Crippen molar-refractivity contribution in [2.75, 3.05) is 6.61 Å². The van der Waals surface area contributed by atoms with Crippen molar-refractivity contribution < 1.29 is 23.5 Å². The molecule has 0 radical (unpaired) electrons. The van der Waals surface area contributed by atoms with E-state index in [4.69, 9.17) is 16.3 Å². The molecule has 0 amide bonds. The van der Waals surface area contributed by atoms with Crippen molar-refractivity contribution in [3.8, 4) is 5.75 Å². The number of esters is 1. The zero-order chi connectivity index (χ0) is 16.8. The van der Waals surface area contributed by atoms with E-state index in [1.54, 1.807) is 37.3 Å². The number of hydrogen-bond acceptors (Lipinski definition) is 4.